The van der Waals surface area contributed by atoms with E-state index < -0.39 is 0 Å². The lowest BCUT2D eigenvalue weighted by Crippen LogP contribution is -2.13. The van der Waals surface area contributed by atoms with Gasteiger partial charge >= 0.3 is 0 Å². The SMILES string of the molecule is COc1ccc(C)cc1C(=O)CCC(=O)Nc1ncc(C)s1. The van der Waals surface area contributed by atoms with Crippen molar-refractivity contribution in [1.29, 1.82) is 0 Å². The van der Waals surface area contributed by atoms with Gasteiger partial charge < -0.3 is 10.1 Å². The maximum atomic E-state index is 12.3. The number of thiazole rings is 1. The number of ether oxygens (including phenoxy) is 1. The van der Waals surface area contributed by atoms with Crippen LogP contribution in [-0.2, 0) is 4.79 Å². The second-order valence-electron chi connectivity index (χ2n) is 4.95. The zero-order valence-corrected chi connectivity index (χ0v) is 13.6. The molecule has 116 valence electrons. The van der Waals surface area contributed by atoms with E-state index >= 15 is 0 Å². The molecule has 0 radical (unpaired) electrons. The molecule has 0 saturated heterocycles. The fourth-order valence-corrected chi connectivity index (χ4v) is 2.68. The van der Waals surface area contributed by atoms with Gasteiger partial charge in [0.1, 0.15) is 5.75 Å². The average molecular weight is 318 g/mol. The molecule has 6 heteroatoms. The lowest BCUT2D eigenvalue weighted by Gasteiger charge is -2.08. The highest BCUT2D eigenvalue weighted by Crippen LogP contribution is 2.22. The van der Waals surface area contributed by atoms with Gasteiger partial charge in [0.2, 0.25) is 5.91 Å². The molecule has 0 aliphatic carbocycles. The molecule has 2 rings (SSSR count). The molecular weight excluding hydrogens is 300 g/mol. The third-order valence-electron chi connectivity index (χ3n) is 3.10. The molecule has 1 aromatic carbocycles. The molecule has 0 aliphatic rings. The number of anilines is 1. The largest absolute Gasteiger partial charge is 0.496 e. The van der Waals surface area contributed by atoms with E-state index in [1.165, 1.54) is 18.4 Å². The van der Waals surface area contributed by atoms with Crippen molar-refractivity contribution in [3.05, 3.63) is 40.4 Å². The number of hydrogen-bond donors (Lipinski definition) is 1. The Bertz CT molecular complexity index is 694. The Hall–Kier alpha value is -2.21. The normalized spacial score (nSPS) is 10.3. The predicted octanol–water partition coefficient (Wildman–Crippen LogP) is 3.37. The zero-order valence-electron chi connectivity index (χ0n) is 12.8. The summed E-state index contributed by atoms with van der Waals surface area (Å²) in [6.07, 6.45) is 1.95. The fraction of sp³-hybridized carbons (Fsp3) is 0.312. The second kappa shape index (κ2) is 7.17. The summed E-state index contributed by atoms with van der Waals surface area (Å²) >= 11 is 1.41. The number of hydrogen-bond acceptors (Lipinski definition) is 5. The van der Waals surface area contributed by atoms with Crippen LogP contribution < -0.4 is 10.1 Å². The summed E-state index contributed by atoms with van der Waals surface area (Å²) < 4.78 is 5.20. The standard InChI is InChI=1S/C16H18N2O3S/c1-10-4-6-14(21-3)12(8-10)13(19)5-7-15(20)18-16-17-9-11(2)22-16/h4,6,8-9H,5,7H2,1-3H3,(H,17,18,20). The van der Waals surface area contributed by atoms with E-state index in [1.807, 2.05) is 19.9 Å². The van der Waals surface area contributed by atoms with Crippen LogP contribution in [0.15, 0.2) is 24.4 Å². The number of aryl methyl sites for hydroxylation is 2. The van der Waals surface area contributed by atoms with Crippen molar-refractivity contribution in [3.8, 4) is 5.75 Å². The first kappa shape index (κ1) is 16.2. The summed E-state index contributed by atoms with van der Waals surface area (Å²) in [5.74, 6) is 0.215. The minimum Gasteiger partial charge on any atom is -0.496 e. The van der Waals surface area contributed by atoms with Gasteiger partial charge in [-0.15, -0.1) is 11.3 Å². The molecule has 1 amide bonds. The van der Waals surface area contributed by atoms with Crippen molar-refractivity contribution in [3.63, 3.8) is 0 Å². The molecule has 0 spiro atoms. The van der Waals surface area contributed by atoms with E-state index in [4.69, 9.17) is 4.74 Å². The maximum Gasteiger partial charge on any atom is 0.226 e. The van der Waals surface area contributed by atoms with Gasteiger partial charge in [0, 0.05) is 23.9 Å². The van der Waals surface area contributed by atoms with Gasteiger partial charge in [-0.3, -0.25) is 9.59 Å². The van der Waals surface area contributed by atoms with Gasteiger partial charge in [0.15, 0.2) is 10.9 Å². The molecule has 1 N–H and O–H groups in total. The van der Waals surface area contributed by atoms with Crippen molar-refractivity contribution < 1.29 is 14.3 Å². The summed E-state index contributed by atoms with van der Waals surface area (Å²) in [5, 5.41) is 3.25. The van der Waals surface area contributed by atoms with Crippen LogP contribution in [-0.4, -0.2) is 23.8 Å². The molecule has 0 bridgehead atoms. The third-order valence-corrected chi connectivity index (χ3v) is 3.93. The van der Waals surface area contributed by atoms with E-state index in [0.717, 1.165) is 10.4 Å². The Morgan fingerprint density at radius 1 is 1.27 bits per heavy atom. The molecule has 0 unspecified atom stereocenters. The number of ketones is 1. The van der Waals surface area contributed by atoms with Gasteiger partial charge in [0.05, 0.1) is 12.7 Å². The molecule has 1 aromatic heterocycles. The highest BCUT2D eigenvalue weighted by atomic mass is 32.1. The molecule has 1 heterocycles. The van der Waals surface area contributed by atoms with Crippen molar-refractivity contribution in [2.75, 3.05) is 12.4 Å². The predicted molar refractivity (Wildman–Crippen MR) is 86.8 cm³/mol. The first-order valence-electron chi connectivity index (χ1n) is 6.89. The lowest BCUT2D eigenvalue weighted by molar-refractivity contribution is -0.116. The van der Waals surface area contributed by atoms with Gasteiger partial charge in [-0.1, -0.05) is 11.6 Å². The first-order chi connectivity index (χ1) is 10.5. The fourth-order valence-electron chi connectivity index (χ4n) is 2.00. The molecule has 0 saturated carbocycles. The monoisotopic (exact) mass is 318 g/mol. The van der Waals surface area contributed by atoms with E-state index in [1.54, 1.807) is 18.3 Å². The summed E-state index contributed by atoms with van der Waals surface area (Å²) in [6.45, 7) is 3.83. The Kier molecular flexibility index (Phi) is 5.27. The number of nitrogens with zero attached hydrogens (tertiary/aromatic N) is 1. The first-order valence-corrected chi connectivity index (χ1v) is 7.71. The maximum absolute atomic E-state index is 12.3. The number of rotatable bonds is 6. The number of carbonyl (C=O) groups excluding carboxylic acids is 2. The molecule has 5 nitrogen and oxygen atoms in total. The number of Topliss-reactive ketones (excluding diaryl/α,β-unsaturated/α-hetero) is 1. The van der Waals surface area contributed by atoms with Crippen molar-refractivity contribution in [2.45, 2.75) is 26.7 Å². The van der Waals surface area contributed by atoms with Gasteiger partial charge in [-0.2, -0.15) is 0 Å². The summed E-state index contributed by atoms with van der Waals surface area (Å²) in [5.41, 5.74) is 1.49. The van der Waals surface area contributed by atoms with Crippen molar-refractivity contribution >= 4 is 28.2 Å². The average Bonchev–Trinajstić information content (AvgIpc) is 2.89. The topological polar surface area (TPSA) is 68.3 Å². The number of benzene rings is 1. The molecule has 0 fully saturated rings. The number of methoxy groups -OCH3 is 1. The minimum atomic E-state index is -0.214. The van der Waals surface area contributed by atoms with Crippen LogP contribution in [0.4, 0.5) is 5.13 Å². The summed E-state index contributed by atoms with van der Waals surface area (Å²) in [7, 11) is 1.53. The number of carbonyl (C=O) groups is 2. The summed E-state index contributed by atoms with van der Waals surface area (Å²) in [6, 6.07) is 5.43. The van der Waals surface area contributed by atoms with E-state index in [2.05, 4.69) is 10.3 Å². The van der Waals surface area contributed by atoms with Crippen LogP contribution in [0.2, 0.25) is 0 Å². The second-order valence-corrected chi connectivity index (χ2v) is 6.19. The lowest BCUT2D eigenvalue weighted by atomic mass is 10.0. The Labute approximate surface area is 133 Å². The van der Waals surface area contributed by atoms with Gasteiger partial charge in [0.25, 0.3) is 0 Å². The van der Waals surface area contributed by atoms with Gasteiger partial charge in [-0.25, -0.2) is 4.98 Å². The van der Waals surface area contributed by atoms with Crippen LogP contribution in [0, 0.1) is 13.8 Å². The Morgan fingerprint density at radius 3 is 2.68 bits per heavy atom. The van der Waals surface area contributed by atoms with Crippen molar-refractivity contribution in [1.82, 2.24) is 4.98 Å². The number of nitrogens with one attached hydrogen (secondary N) is 1. The third kappa shape index (κ3) is 4.14. The molecule has 22 heavy (non-hydrogen) atoms. The van der Waals surface area contributed by atoms with Crippen LogP contribution >= 0.6 is 11.3 Å². The minimum absolute atomic E-state index is 0.106. The molecule has 0 atom stereocenters. The molecular formula is C16H18N2O3S. The van der Waals surface area contributed by atoms with E-state index in [-0.39, 0.29) is 24.5 Å². The van der Waals surface area contributed by atoms with Crippen molar-refractivity contribution in [2.24, 2.45) is 0 Å². The highest BCUT2D eigenvalue weighted by molar-refractivity contribution is 7.15. The number of amides is 1. The zero-order chi connectivity index (χ0) is 16.1. The van der Waals surface area contributed by atoms with Crippen LogP contribution in [0.1, 0.15) is 33.6 Å². The Balaban J connectivity index is 1.95. The summed E-state index contributed by atoms with van der Waals surface area (Å²) in [4.78, 5) is 29.2. The highest BCUT2D eigenvalue weighted by Gasteiger charge is 2.14. The van der Waals surface area contributed by atoms with Gasteiger partial charge in [-0.05, 0) is 26.0 Å². The van der Waals surface area contributed by atoms with E-state index in [9.17, 15) is 9.59 Å². The van der Waals surface area contributed by atoms with Crippen LogP contribution in [0.3, 0.4) is 0 Å². The van der Waals surface area contributed by atoms with Crippen LogP contribution in [0.5, 0.6) is 5.75 Å². The quantitative estimate of drug-likeness (QED) is 0.829. The Morgan fingerprint density at radius 2 is 2.05 bits per heavy atom. The number of aromatic nitrogens is 1. The molecule has 0 aliphatic heterocycles. The van der Waals surface area contributed by atoms with E-state index in [0.29, 0.717) is 16.4 Å². The van der Waals surface area contributed by atoms with Crippen LogP contribution in [0.25, 0.3) is 0 Å². The molecule has 2 aromatic rings. The smallest absolute Gasteiger partial charge is 0.226 e.